The lowest BCUT2D eigenvalue weighted by atomic mass is 10.1. The standard InChI is InChI=1S/C22H27ClN2O3/c1-16(2)28-20-11-5-17(6-12-20)13-15-24-21(26)4-3-14-25-22(27)18-7-9-19(23)10-8-18/h5-12,16H,3-4,13-15H2,1-2H3,(H,24,26)(H,25,27). The van der Waals surface area contributed by atoms with E-state index in [0.29, 0.717) is 36.5 Å². The van der Waals surface area contributed by atoms with Crippen molar-refractivity contribution in [3.8, 4) is 5.75 Å². The lowest BCUT2D eigenvalue weighted by Crippen LogP contribution is -2.28. The molecular weight excluding hydrogens is 376 g/mol. The van der Waals surface area contributed by atoms with Gasteiger partial charge in [0.2, 0.25) is 5.91 Å². The lowest BCUT2D eigenvalue weighted by molar-refractivity contribution is -0.121. The molecule has 2 aromatic carbocycles. The van der Waals surface area contributed by atoms with E-state index in [9.17, 15) is 9.59 Å². The number of hydrogen-bond donors (Lipinski definition) is 2. The molecule has 0 aliphatic rings. The van der Waals surface area contributed by atoms with Crippen LogP contribution in [-0.2, 0) is 11.2 Å². The van der Waals surface area contributed by atoms with E-state index in [2.05, 4.69) is 10.6 Å². The van der Waals surface area contributed by atoms with Crippen LogP contribution >= 0.6 is 11.6 Å². The molecule has 2 N–H and O–H groups in total. The molecule has 0 spiro atoms. The Morgan fingerprint density at radius 1 is 0.964 bits per heavy atom. The summed E-state index contributed by atoms with van der Waals surface area (Å²) in [5.74, 6) is 0.672. The fourth-order valence-corrected chi connectivity index (χ4v) is 2.72. The minimum absolute atomic E-state index is 0.0134. The summed E-state index contributed by atoms with van der Waals surface area (Å²) in [5.41, 5.74) is 1.70. The molecule has 5 nitrogen and oxygen atoms in total. The maximum absolute atomic E-state index is 11.9. The average Bonchev–Trinajstić information content (AvgIpc) is 2.66. The molecule has 0 aliphatic heterocycles. The molecule has 28 heavy (non-hydrogen) atoms. The third kappa shape index (κ3) is 8.01. The van der Waals surface area contributed by atoms with Gasteiger partial charge in [0.05, 0.1) is 6.10 Å². The predicted octanol–water partition coefficient (Wildman–Crippen LogP) is 4.00. The van der Waals surface area contributed by atoms with Crippen molar-refractivity contribution in [2.45, 2.75) is 39.2 Å². The van der Waals surface area contributed by atoms with Crippen LogP contribution < -0.4 is 15.4 Å². The van der Waals surface area contributed by atoms with Crippen LogP contribution in [0.1, 0.15) is 42.6 Å². The van der Waals surface area contributed by atoms with Gasteiger partial charge in [-0.15, -0.1) is 0 Å². The highest BCUT2D eigenvalue weighted by Crippen LogP contribution is 2.14. The average molecular weight is 403 g/mol. The van der Waals surface area contributed by atoms with E-state index in [1.807, 2.05) is 38.1 Å². The van der Waals surface area contributed by atoms with Gasteiger partial charge in [0.1, 0.15) is 5.75 Å². The van der Waals surface area contributed by atoms with Gasteiger partial charge in [0.25, 0.3) is 5.91 Å². The summed E-state index contributed by atoms with van der Waals surface area (Å²) < 4.78 is 5.61. The highest BCUT2D eigenvalue weighted by atomic mass is 35.5. The molecule has 0 saturated heterocycles. The number of amides is 2. The Bertz CT molecular complexity index is 758. The Hall–Kier alpha value is -2.53. The Labute approximate surface area is 171 Å². The Balaban J connectivity index is 1.58. The fraction of sp³-hybridized carbons (Fsp3) is 0.364. The van der Waals surface area contributed by atoms with Crippen LogP contribution in [0.4, 0.5) is 0 Å². The second kappa shape index (κ2) is 11.3. The molecular formula is C22H27ClN2O3. The van der Waals surface area contributed by atoms with E-state index in [1.54, 1.807) is 24.3 Å². The SMILES string of the molecule is CC(C)Oc1ccc(CCNC(=O)CCCNC(=O)c2ccc(Cl)cc2)cc1. The van der Waals surface area contributed by atoms with Crippen molar-refractivity contribution in [3.63, 3.8) is 0 Å². The largest absolute Gasteiger partial charge is 0.491 e. The summed E-state index contributed by atoms with van der Waals surface area (Å²) in [5, 5.41) is 6.30. The van der Waals surface area contributed by atoms with E-state index >= 15 is 0 Å². The van der Waals surface area contributed by atoms with Crippen LogP contribution in [0, 0.1) is 0 Å². The molecule has 6 heteroatoms. The zero-order valence-electron chi connectivity index (χ0n) is 16.3. The van der Waals surface area contributed by atoms with Crippen molar-refractivity contribution in [1.29, 1.82) is 0 Å². The molecule has 0 bridgehead atoms. The van der Waals surface area contributed by atoms with E-state index < -0.39 is 0 Å². The molecule has 0 radical (unpaired) electrons. The highest BCUT2D eigenvalue weighted by Gasteiger charge is 2.06. The molecule has 0 aliphatic carbocycles. The predicted molar refractivity (Wildman–Crippen MR) is 112 cm³/mol. The minimum atomic E-state index is -0.165. The number of rotatable bonds is 10. The van der Waals surface area contributed by atoms with Crippen molar-refractivity contribution in [1.82, 2.24) is 10.6 Å². The maximum atomic E-state index is 11.9. The van der Waals surface area contributed by atoms with Crippen molar-refractivity contribution < 1.29 is 14.3 Å². The Morgan fingerprint density at radius 3 is 2.29 bits per heavy atom. The van der Waals surface area contributed by atoms with Crippen molar-refractivity contribution >= 4 is 23.4 Å². The van der Waals surface area contributed by atoms with E-state index in [1.165, 1.54) is 0 Å². The number of ether oxygens (including phenoxy) is 1. The van der Waals surface area contributed by atoms with Crippen molar-refractivity contribution in [3.05, 3.63) is 64.7 Å². The number of carbonyl (C=O) groups is 2. The summed E-state index contributed by atoms with van der Waals surface area (Å²) in [7, 11) is 0. The molecule has 0 heterocycles. The molecule has 0 aromatic heterocycles. The number of carbonyl (C=O) groups excluding carboxylic acids is 2. The molecule has 0 saturated carbocycles. The molecule has 150 valence electrons. The van der Waals surface area contributed by atoms with Crippen LogP contribution in [0.25, 0.3) is 0 Å². The Kier molecular flexibility index (Phi) is 8.82. The smallest absolute Gasteiger partial charge is 0.251 e. The zero-order valence-corrected chi connectivity index (χ0v) is 17.1. The number of halogens is 1. The van der Waals surface area contributed by atoms with E-state index in [0.717, 1.165) is 17.7 Å². The first-order chi connectivity index (χ1) is 13.4. The fourth-order valence-electron chi connectivity index (χ4n) is 2.60. The summed E-state index contributed by atoms with van der Waals surface area (Å²) in [4.78, 5) is 23.9. The summed E-state index contributed by atoms with van der Waals surface area (Å²) in [6.45, 7) is 5.02. The highest BCUT2D eigenvalue weighted by molar-refractivity contribution is 6.30. The van der Waals surface area contributed by atoms with Crippen LogP contribution in [-0.4, -0.2) is 31.0 Å². The molecule has 2 amide bonds. The zero-order chi connectivity index (χ0) is 20.4. The quantitative estimate of drug-likeness (QED) is 0.590. The second-order valence-corrected chi connectivity index (χ2v) is 7.21. The first-order valence-electron chi connectivity index (χ1n) is 9.50. The normalized spacial score (nSPS) is 10.6. The van der Waals surface area contributed by atoms with Crippen LogP contribution in [0.3, 0.4) is 0 Å². The van der Waals surface area contributed by atoms with Crippen molar-refractivity contribution in [2.75, 3.05) is 13.1 Å². The van der Waals surface area contributed by atoms with Gasteiger partial charge in [-0.3, -0.25) is 9.59 Å². The summed E-state index contributed by atoms with van der Waals surface area (Å²) in [6, 6.07) is 14.6. The molecule has 0 atom stereocenters. The molecule has 2 rings (SSSR count). The molecule has 0 fully saturated rings. The van der Waals surface area contributed by atoms with E-state index in [-0.39, 0.29) is 17.9 Å². The Morgan fingerprint density at radius 2 is 1.64 bits per heavy atom. The lowest BCUT2D eigenvalue weighted by Gasteiger charge is -2.10. The van der Waals surface area contributed by atoms with E-state index in [4.69, 9.17) is 16.3 Å². The van der Waals surface area contributed by atoms with Gasteiger partial charge >= 0.3 is 0 Å². The van der Waals surface area contributed by atoms with Gasteiger partial charge in [-0.05, 0) is 68.7 Å². The van der Waals surface area contributed by atoms with Gasteiger partial charge < -0.3 is 15.4 Å². The molecule has 0 unspecified atom stereocenters. The van der Waals surface area contributed by atoms with Crippen LogP contribution in [0.2, 0.25) is 5.02 Å². The van der Waals surface area contributed by atoms with Gasteiger partial charge in [0.15, 0.2) is 0 Å². The molecule has 2 aromatic rings. The number of benzene rings is 2. The minimum Gasteiger partial charge on any atom is -0.491 e. The number of nitrogens with one attached hydrogen (secondary N) is 2. The van der Waals surface area contributed by atoms with Crippen LogP contribution in [0.5, 0.6) is 5.75 Å². The summed E-state index contributed by atoms with van der Waals surface area (Å²) in [6.07, 6.45) is 1.89. The van der Waals surface area contributed by atoms with Crippen molar-refractivity contribution in [2.24, 2.45) is 0 Å². The first-order valence-corrected chi connectivity index (χ1v) is 9.88. The van der Waals surface area contributed by atoms with Gasteiger partial charge in [-0.2, -0.15) is 0 Å². The third-order valence-electron chi connectivity index (χ3n) is 4.00. The maximum Gasteiger partial charge on any atom is 0.251 e. The van der Waals surface area contributed by atoms with Gasteiger partial charge in [-0.1, -0.05) is 23.7 Å². The monoisotopic (exact) mass is 402 g/mol. The number of hydrogen-bond acceptors (Lipinski definition) is 3. The topological polar surface area (TPSA) is 67.4 Å². The van der Waals surface area contributed by atoms with Gasteiger partial charge in [-0.25, -0.2) is 0 Å². The van der Waals surface area contributed by atoms with Crippen LogP contribution in [0.15, 0.2) is 48.5 Å². The summed E-state index contributed by atoms with van der Waals surface area (Å²) >= 11 is 5.80. The first kappa shape index (κ1) is 21.8. The van der Waals surface area contributed by atoms with Gasteiger partial charge in [0, 0.05) is 30.1 Å². The second-order valence-electron chi connectivity index (χ2n) is 6.78. The third-order valence-corrected chi connectivity index (χ3v) is 4.26.